The fraction of sp³-hybridized carbons (Fsp3) is 0.333. The zero-order chi connectivity index (χ0) is 16.6. The van der Waals surface area contributed by atoms with Crippen molar-refractivity contribution in [3.8, 4) is 5.75 Å². The second-order valence-electron chi connectivity index (χ2n) is 6.08. The van der Waals surface area contributed by atoms with Crippen LogP contribution in [0.15, 0.2) is 45.6 Å². The normalized spacial score (nSPS) is 19.5. The van der Waals surface area contributed by atoms with Crippen molar-refractivity contribution in [3.63, 3.8) is 0 Å². The highest BCUT2D eigenvalue weighted by atomic mass is 16.5. The van der Waals surface area contributed by atoms with Crippen molar-refractivity contribution in [2.75, 3.05) is 0 Å². The van der Waals surface area contributed by atoms with Gasteiger partial charge in [-0.25, -0.2) is 4.79 Å². The molecule has 23 heavy (non-hydrogen) atoms. The van der Waals surface area contributed by atoms with Gasteiger partial charge in [-0.15, -0.1) is 0 Å². The largest absolute Gasteiger partial charge is 0.486 e. The van der Waals surface area contributed by atoms with E-state index in [1.54, 1.807) is 25.1 Å². The number of para-hydroxylation sites is 1. The molecular formula is C18H18O5. The molecule has 0 amide bonds. The molecule has 5 nitrogen and oxygen atoms in total. The van der Waals surface area contributed by atoms with E-state index in [-0.39, 0.29) is 18.6 Å². The van der Waals surface area contributed by atoms with E-state index in [4.69, 9.17) is 9.15 Å². The number of carbonyl (C=O) groups excluding carboxylic acids is 1. The molecule has 0 fully saturated rings. The summed E-state index contributed by atoms with van der Waals surface area (Å²) >= 11 is 0. The maximum Gasteiger partial charge on any atom is 0.343 e. The summed E-state index contributed by atoms with van der Waals surface area (Å²) in [5.41, 5.74) is -0.716. The zero-order valence-corrected chi connectivity index (χ0v) is 13.0. The number of benzene rings is 1. The van der Waals surface area contributed by atoms with Crippen LogP contribution < -0.4 is 10.4 Å². The van der Waals surface area contributed by atoms with Crippen molar-refractivity contribution in [2.45, 2.75) is 38.4 Å². The average Bonchev–Trinajstić information content (AvgIpc) is 2.93. The third-order valence-corrected chi connectivity index (χ3v) is 4.08. The Labute approximate surface area is 133 Å². The third kappa shape index (κ3) is 2.92. The highest BCUT2D eigenvalue weighted by Crippen LogP contribution is 2.37. The summed E-state index contributed by atoms with van der Waals surface area (Å²) in [6.07, 6.45) is 3.01. The second-order valence-corrected chi connectivity index (χ2v) is 6.08. The van der Waals surface area contributed by atoms with Crippen LogP contribution in [0, 0.1) is 0 Å². The fourth-order valence-electron chi connectivity index (χ4n) is 2.78. The highest BCUT2D eigenvalue weighted by molar-refractivity contribution is 5.87. The van der Waals surface area contributed by atoms with E-state index in [0.29, 0.717) is 16.9 Å². The number of hydrogen-bond acceptors (Lipinski definition) is 5. The predicted molar refractivity (Wildman–Crippen MR) is 85.7 cm³/mol. The number of carbonyl (C=O) groups is 1. The molecule has 1 aliphatic heterocycles. The quantitative estimate of drug-likeness (QED) is 0.692. The summed E-state index contributed by atoms with van der Waals surface area (Å²) in [4.78, 5) is 23.1. The minimum absolute atomic E-state index is 0.0805. The molecule has 2 unspecified atom stereocenters. The summed E-state index contributed by atoms with van der Waals surface area (Å²) in [5, 5.41) is 11.4. The van der Waals surface area contributed by atoms with Crippen molar-refractivity contribution in [1.29, 1.82) is 0 Å². The maximum atomic E-state index is 12.1. The van der Waals surface area contributed by atoms with Gasteiger partial charge in [0.2, 0.25) is 0 Å². The Morgan fingerprint density at radius 2 is 2.17 bits per heavy atom. The number of hydrogen-bond donors (Lipinski definition) is 1. The first-order chi connectivity index (χ1) is 10.9. The molecule has 0 aliphatic carbocycles. The topological polar surface area (TPSA) is 76.7 Å². The first kappa shape index (κ1) is 15.5. The smallest absolute Gasteiger partial charge is 0.343 e. The molecular weight excluding hydrogens is 296 g/mol. The first-order valence-electron chi connectivity index (χ1n) is 7.49. The van der Waals surface area contributed by atoms with Crippen LogP contribution in [0.2, 0.25) is 0 Å². The molecule has 1 N–H and O–H groups in total. The Hall–Kier alpha value is -2.40. The predicted octanol–water partition coefficient (Wildman–Crippen LogP) is 2.38. The monoisotopic (exact) mass is 314 g/mol. The van der Waals surface area contributed by atoms with E-state index in [1.165, 1.54) is 13.0 Å². The number of aliphatic hydroxyl groups is 1. The molecule has 0 spiro atoms. The van der Waals surface area contributed by atoms with Crippen molar-refractivity contribution in [2.24, 2.45) is 0 Å². The van der Waals surface area contributed by atoms with Crippen LogP contribution in [0.3, 0.4) is 0 Å². The molecule has 0 saturated heterocycles. The van der Waals surface area contributed by atoms with Crippen LogP contribution in [0.1, 0.15) is 25.8 Å². The van der Waals surface area contributed by atoms with Crippen LogP contribution >= 0.6 is 0 Å². The Bertz CT molecular complexity index is 844. The third-order valence-electron chi connectivity index (χ3n) is 4.08. The average molecular weight is 314 g/mol. The molecule has 2 aromatic rings. The lowest BCUT2D eigenvalue weighted by molar-refractivity contribution is -0.112. The first-order valence-corrected chi connectivity index (χ1v) is 7.49. The Morgan fingerprint density at radius 1 is 1.43 bits per heavy atom. The van der Waals surface area contributed by atoms with Gasteiger partial charge >= 0.3 is 5.63 Å². The van der Waals surface area contributed by atoms with Gasteiger partial charge in [-0.1, -0.05) is 18.2 Å². The molecule has 1 aliphatic rings. The zero-order valence-electron chi connectivity index (χ0n) is 13.0. The summed E-state index contributed by atoms with van der Waals surface area (Å²) in [6.45, 7) is 3.09. The number of allylic oxidation sites excluding steroid dienone is 1. The van der Waals surface area contributed by atoms with E-state index >= 15 is 0 Å². The second kappa shape index (κ2) is 5.66. The van der Waals surface area contributed by atoms with Crippen LogP contribution in [-0.4, -0.2) is 22.6 Å². The minimum atomic E-state index is -1.20. The minimum Gasteiger partial charge on any atom is -0.486 e. The highest BCUT2D eigenvalue weighted by Gasteiger charge is 2.40. The molecule has 1 aromatic heterocycles. The maximum absolute atomic E-state index is 12.1. The van der Waals surface area contributed by atoms with Gasteiger partial charge in [0.05, 0.1) is 10.9 Å². The summed E-state index contributed by atoms with van der Waals surface area (Å²) in [5.74, 6) is 0.403. The number of ether oxygens (including phenoxy) is 1. The lowest BCUT2D eigenvalue weighted by atomic mass is 9.92. The lowest BCUT2D eigenvalue weighted by Crippen LogP contribution is -2.42. The molecule has 2 heterocycles. The summed E-state index contributed by atoms with van der Waals surface area (Å²) < 4.78 is 11.2. The molecule has 120 valence electrons. The van der Waals surface area contributed by atoms with Crippen LogP contribution in [0.5, 0.6) is 5.75 Å². The van der Waals surface area contributed by atoms with Gasteiger partial charge in [0.1, 0.15) is 23.0 Å². The molecule has 5 heteroatoms. The molecule has 3 rings (SSSR count). The summed E-state index contributed by atoms with van der Waals surface area (Å²) in [7, 11) is 0. The van der Waals surface area contributed by atoms with E-state index in [1.807, 2.05) is 12.1 Å². The Morgan fingerprint density at radius 3 is 2.91 bits per heavy atom. The molecule has 0 saturated carbocycles. The fourth-order valence-corrected chi connectivity index (χ4v) is 2.78. The van der Waals surface area contributed by atoms with Gasteiger partial charge in [-0.3, -0.25) is 4.79 Å². The van der Waals surface area contributed by atoms with Crippen LogP contribution in [-0.2, 0) is 11.2 Å². The molecule has 0 bridgehead atoms. The van der Waals surface area contributed by atoms with Gasteiger partial charge in [0, 0.05) is 6.42 Å². The molecule has 1 aromatic carbocycles. The lowest BCUT2D eigenvalue weighted by Gasteiger charge is -2.28. The molecule has 2 atom stereocenters. The van der Waals surface area contributed by atoms with Gasteiger partial charge in [-0.05, 0) is 38.5 Å². The van der Waals surface area contributed by atoms with Crippen LogP contribution in [0.25, 0.3) is 11.0 Å². The standard InChI is InChI=1S/C18H18O5/c1-11(19)6-5-9-18(2,21)15-10-13-16(23-15)12-7-3-4-8-14(12)22-17(13)20/h3-8,15,21H,9-10H2,1-2H3. The van der Waals surface area contributed by atoms with E-state index in [0.717, 1.165) is 5.39 Å². The SMILES string of the molecule is CC(=O)C=CCC(C)(O)C1Cc2c(c3ccccc3oc2=O)O1. The van der Waals surface area contributed by atoms with Gasteiger partial charge in [0.25, 0.3) is 0 Å². The van der Waals surface area contributed by atoms with Crippen molar-refractivity contribution in [1.82, 2.24) is 0 Å². The van der Waals surface area contributed by atoms with Gasteiger partial charge < -0.3 is 14.3 Å². The van der Waals surface area contributed by atoms with Crippen LogP contribution in [0.4, 0.5) is 0 Å². The van der Waals surface area contributed by atoms with Crippen molar-refractivity contribution < 1.29 is 19.1 Å². The van der Waals surface area contributed by atoms with Gasteiger partial charge in [-0.2, -0.15) is 0 Å². The Balaban J connectivity index is 1.92. The van der Waals surface area contributed by atoms with E-state index < -0.39 is 17.3 Å². The van der Waals surface area contributed by atoms with E-state index in [9.17, 15) is 14.7 Å². The number of rotatable bonds is 4. The van der Waals surface area contributed by atoms with E-state index in [2.05, 4.69) is 0 Å². The number of ketones is 1. The summed E-state index contributed by atoms with van der Waals surface area (Å²) in [6, 6.07) is 7.16. The number of fused-ring (bicyclic) bond motifs is 3. The molecule has 0 radical (unpaired) electrons. The Kier molecular flexibility index (Phi) is 3.82. The van der Waals surface area contributed by atoms with Crippen molar-refractivity contribution in [3.05, 3.63) is 52.4 Å². The van der Waals surface area contributed by atoms with Crippen molar-refractivity contribution >= 4 is 16.8 Å². The van der Waals surface area contributed by atoms with Gasteiger partial charge in [0.15, 0.2) is 5.78 Å².